The zero-order valence-corrected chi connectivity index (χ0v) is 7.45. The molecule has 2 N–H and O–H groups in total. The summed E-state index contributed by atoms with van der Waals surface area (Å²) in [6.45, 7) is 0.594. The lowest BCUT2D eigenvalue weighted by Gasteiger charge is -1.98. The molecule has 1 aromatic carbocycles. The first-order chi connectivity index (χ1) is 6.95. The third-order valence-electron chi connectivity index (χ3n) is 2.28. The maximum Gasteiger partial charge on any atom is 0.118 e. The van der Waals surface area contributed by atoms with Crippen molar-refractivity contribution >= 4 is 16.6 Å². The van der Waals surface area contributed by atoms with Gasteiger partial charge in [0.15, 0.2) is 0 Å². The molecule has 1 aliphatic rings. The minimum Gasteiger partial charge on any atom is -0.277 e. The van der Waals surface area contributed by atoms with Crippen molar-refractivity contribution < 1.29 is 4.84 Å². The molecular weight excluding hydrogens is 178 g/mol. The number of aromatic nitrogens is 2. The van der Waals surface area contributed by atoms with Crippen LogP contribution in [-0.4, -0.2) is 16.8 Å². The molecule has 0 amide bonds. The number of hydrogen-bond acceptors (Lipinski definition) is 3. The number of benzene rings is 1. The molecule has 0 radical (unpaired) electrons. The maximum absolute atomic E-state index is 5.03. The predicted molar refractivity (Wildman–Crippen MR) is 53.2 cm³/mol. The first-order valence-electron chi connectivity index (χ1n) is 4.46. The van der Waals surface area contributed by atoms with E-state index in [4.69, 9.17) is 4.84 Å². The average molecular weight is 187 g/mol. The topological polar surface area (TPSA) is 49.9 Å². The first kappa shape index (κ1) is 7.58. The van der Waals surface area contributed by atoms with E-state index in [1.807, 2.05) is 30.3 Å². The molecule has 0 bridgehead atoms. The van der Waals surface area contributed by atoms with E-state index in [1.165, 1.54) is 0 Å². The molecule has 0 saturated heterocycles. The van der Waals surface area contributed by atoms with Gasteiger partial charge in [-0.3, -0.25) is 15.4 Å². The van der Waals surface area contributed by atoms with E-state index in [0.29, 0.717) is 6.61 Å². The zero-order chi connectivity index (χ0) is 9.38. The summed E-state index contributed by atoms with van der Waals surface area (Å²) in [6.07, 6.45) is 1.97. The molecule has 70 valence electrons. The Morgan fingerprint density at radius 3 is 3.07 bits per heavy atom. The number of nitrogens with zero attached hydrogens (tertiary/aromatic N) is 1. The highest BCUT2D eigenvalue weighted by Crippen LogP contribution is 2.22. The monoisotopic (exact) mass is 187 g/mol. The summed E-state index contributed by atoms with van der Waals surface area (Å²) >= 11 is 0. The molecule has 14 heavy (non-hydrogen) atoms. The molecule has 0 fully saturated rings. The van der Waals surface area contributed by atoms with Crippen molar-refractivity contribution in [1.82, 2.24) is 15.7 Å². The van der Waals surface area contributed by atoms with Gasteiger partial charge in [0.2, 0.25) is 0 Å². The van der Waals surface area contributed by atoms with Crippen molar-refractivity contribution in [2.45, 2.75) is 0 Å². The van der Waals surface area contributed by atoms with Crippen LogP contribution >= 0.6 is 0 Å². The lowest BCUT2D eigenvalue weighted by atomic mass is 10.2. The standard InChI is InChI=1S/C10H9N3O/c1-2-4-8-7(3-1)10(12-11-8)9-5-6-14-13-9/h1-5,13H,6H2,(H,11,12). The van der Waals surface area contributed by atoms with Crippen LogP contribution in [0.15, 0.2) is 30.3 Å². The number of fused-ring (bicyclic) bond motifs is 1. The Labute approximate surface area is 80.5 Å². The Balaban J connectivity index is 2.21. The molecule has 1 aliphatic heterocycles. The normalized spacial score (nSPS) is 15.6. The smallest absolute Gasteiger partial charge is 0.118 e. The van der Waals surface area contributed by atoms with Crippen molar-refractivity contribution in [3.63, 3.8) is 0 Å². The van der Waals surface area contributed by atoms with Crippen LogP contribution < -0.4 is 5.48 Å². The Hall–Kier alpha value is -1.81. The fraction of sp³-hybridized carbons (Fsp3) is 0.100. The molecule has 4 nitrogen and oxygen atoms in total. The number of hydrogen-bond donors (Lipinski definition) is 2. The lowest BCUT2D eigenvalue weighted by Crippen LogP contribution is -2.05. The molecule has 3 rings (SSSR count). The van der Waals surface area contributed by atoms with Crippen molar-refractivity contribution in [2.24, 2.45) is 0 Å². The molecule has 2 heterocycles. The minimum absolute atomic E-state index is 0.594. The van der Waals surface area contributed by atoms with Gasteiger partial charge in [0, 0.05) is 5.39 Å². The van der Waals surface area contributed by atoms with Crippen molar-refractivity contribution in [3.8, 4) is 0 Å². The van der Waals surface area contributed by atoms with Gasteiger partial charge in [-0.15, -0.1) is 0 Å². The second-order valence-corrected chi connectivity index (χ2v) is 3.15. The Morgan fingerprint density at radius 1 is 1.29 bits per heavy atom. The van der Waals surface area contributed by atoms with Gasteiger partial charge < -0.3 is 0 Å². The van der Waals surface area contributed by atoms with Gasteiger partial charge in [-0.1, -0.05) is 18.2 Å². The number of aromatic amines is 1. The van der Waals surface area contributed by atoms with Gasteiger partial charge in [-0.25, -0.2) is 0 Å². The van der Waals surface area contributed by atoms with E-state index in [-0.39, 0.29) is 0 Å². The summed E-state index contributed by atoms with van der Waals surface area (Å²) in [5, 5.41) is 8.33. The summed E-state index contributed by atoms with van der Waals surface area (Å²) in [5.74, 6) is 0. The predicted octanol–water partition coefficient (Wildman–Crippen LogP) is 1.44. The Morgan fingerprint density at radius 2 is 2.21 bits per heavy atom. The molecule has 0 aliphatic carbocycles. The van der Waals surface area contributed by atoms with Gasteiger partial charge in [-0.2, -0.15) is 5.10 Å². The number of nitrogens with one attached hydrogen (secondary N) is 2. The van der Waals surface area contributed by atoms with Crippen LogP contribution in [0.3, 0.4) is 0 Å². The molecule has 1 aromatic heterocycles. The van der Waals surface area contributed by atoms with Crippen LogP contribution in [0.4, 0.5) is 0 Å². The van der Waals surface area contributed by atoms with Gasteiger partial charge in [0.25, 0.3) is 0 Å². The van der Waals surface area contributed by atoms with Crippen molar-refractivity contribution in [2.75, 3.05) is 6.61 Å². The van der Waals surface area contributed by atoms with Crippen LogP contribution in [0.1, 0.15) is 5.69 Å². The SMILES string of the molecule is C1=C(c2n[nH]c3ccccc23)NOC1. The van der Waals surface area contributed by atoms with E-state index in [0.717, 1.165) is 22.3 Å². The Kier molecular flexibility index (Phi) is 1.54. The zero-order valence-electron chi connectivity index (χ0n) is 7.45. The molecule has 0 saturated carbocycles. The first-order valence-corrected chi connectivity index (χ1v) is 4.46. The van der Waals surface area contributed by atoms with Gasteiger partial charge in [-0.05, 0) is 12.1 Å². The van der Waals surface area contributed by atoms with Gasteiger partial charge in [0.05, 0.1) is 17.8 Å². The average Bonchev–Trinajstić information content (AvgIpc) is 2.85. The fourth-order valence-corrected chi connectivity index (χ4v) is 1.60. The van der Waals surface area contributed by atoms with E-state index >= 15 is 0 Å². The minimum atomic E-state index is 0.594. The molecular formula is C10H9N3O. The van der Waals surface area contributed by atoms with Crippen LogP contribution in [0.2, 0.25) is 0 Å². The van der Waals surface area contributed by atoms with Gasteiger partial charge >= 0.3 is 0 Å². The number of para-hydroxylation sites is 1. The summed E-state index contributed by atoms with van der Waals surface area (Å²) < 4.78 is 0. The van der Waals surface area contributed by atoms with E-state index < -0.39 is 0 Å². The third kappa shape index (κ3) is 1.01. The number of rotatable bonds is 1. The quantitative estimate of drug-likeness (QED) is 0.710. The van der Waals surface area contributed by atoms with Crippen molar-refractivity contribution in [3.05, 3.63) is 36.0 Å². The van der Waals surface area contributed by atoms with Crippen molar-refractivity contribution in [1.29, 1.82) is 0 Å². The summed E-state index contributed by atoms with van der Waals surface area (Å²) in [4.78, 5) is 5.03. The van der Waals surface area contributed by atoms with E-state index in [9.17, 15) is 0 Å². The number of hydroxylamine groups is 1. The molecule has 0 atom stereocenters. The van der Waals surface area contributed by atoms with Crippen LogP contribution in [-0.2, 0) is 4.84 Å². The second-order valence-electron chi connectivity index (χ2n) is 3.15. The van der Waals surface area contributed by atoms with Gasteiger partial charge in [0.1, 0.15) is 5.69 Å². The highest BCUT2D eigenvalue weighted by atomic mass is 16.6. The number of H-pyrrole nitrogens is 1. The molecule has 0 spiro atoms. The van der Waals surface area contributed by atoms with Crippen LogP contribution in [0.5, 0.6) is 0 Å². The highest BCUT2D eigenvalue weighted by Gasteiger charge is 2.12. The second kappa shape index (κ2) is 2.85. The summed E-state index contributed by atoms with van der Waals surface area (Å²) in [5.41, 5.74) is 5.72. The molecule has 0 unspecified atom stereocenters. The van der Waals surface area contributed by atoms with Crippen LogP contribution in [0, 0.1) is 0 Å². The van der Waals surface area contributed by atoms with Crippen LogP contribution in [0.25, 0.3) is 16.6 Å². The Bertz CT molecular complexity index is 501. The summed E-state index contributed by atoms with van der Waals surface area (Å²) in [6, 6.07) is 8.02. The highest BCUT2D eigenvalue weighted by molar-refractivity contribution is 5.89. The summed E-state index contributed by atoms with van der Waals surface area (Å²) in [7, 11) is 0. The lowest BCUT2D eigenvalue weighted by molar-refractivity contribution is 0.121. The largest absolute Gasteiger partial charge is 0.277 e. The van der Waals surface area contributed by atoms with E-state index in [2.05, 4.69) is 15.7 Å². The maximum atomic E-state index is 5.03. The molecule has 4 heteroatoms. The van der Waals surface area contributed by atoms with E-state index in [1.54, 1.807) is 0 Å². The third-order valence-corrected chi connectivity index (χ3v) is 2.28. The fourth-order valence-electron chi connectivity index (χ4n) is 1.60. The molecule has 2 aromatic rings.